The van der Waals surface area contributed by atoms with Crippen molar-refractivity contribution in [3.63, 3.8) is 0 Å². The van der Waals surface area contributed by atoms with E-state index in [0.717, 1.165) is 29.8 Å². The Balaban J connectivity index is 1.43. The fourth-order valence-electron chi connectivity index (χ4n) is 4.79. The van der Waals surface area contributed by atoms with Crippen LogP contribution in [0, 0.1) is 5.92 Å². The fraction of sp³-hybridized carbons (Fsp3) is 0.391. The Morgan fingerprint density at radius 1 is 1.13 bits per heavy atom. The summed E-state index contributed by atoms with van der Waals surface area (Å²) in [5.74, 6) is 0.973. The summed E-state index contributed by atoms with van der Waals surface area (Å²) >= 11 is 0. The van der Waals surface area contributed by atoms with Crippen molar-refractivity contribution < 1.29 is 19.4 Å². The molecule has 1 aliphatic carbocycles. The van der Waals surface area contributed by atoms with E-state index in [1.54, 1.807) is 36.3 Å². The number of likely N-dealkylation sites (tertiary alicyclic amines) is 1. The van der Waals surface area contributed by atoms with E-state index in [-0.39, 0.29) is 42.5 Å². The van der Waals surface area contributed by atoms with E-state index < -0.39 is 0 Å². The molecular weight excluding hydrogens is 382 g/mol. The van der Waals surface area contributed by atoms with Crippen LogP contribution in [0.15, 0.2) is 48.5 Å². The summed E-state index contributed by atoms with van der Waals surface area (Å²) in [6.07, 6.45) is 1.84. The maximum Gasteiger partial charge on any atom is 0.326 e. The summed E-state index contributed by atoms with van der Waals surface area (Å²) in [6.45, 7) is 0.352. The van der Waals surface area contributed by atoms with E-state index in [1.165, 1.54) is 0 Å². The average Bonchev–Trinajstić information content (AvgIpc) is 3.60. The van der Waals surface area contributed by atoms with E-state index in [0.29, 0.717) is 12.2 Å². The number of rotatable bonds is 4. The minimum atomic E-state index is -0.239. The van der Waals surface area contributed by atoms with Gasteiger partial charge in [-0.05, 0) is 48.7 Å². The maximum absolute atomic E-state index is 13.2. The van der Waals surface area contributed by atoms with Gasteiger partial charge in [0.1, 0.15) is 5.75 Å². The first kappa shape index (κ1) is 18.9. The molecular formula is C23H25N3O4. The first-order valence-corrected chi connectivity index (χ1v) is 10.4. The molecule has 1 saturated heterocycles. The number of nitrogens with zero attached hydrogens (tertiary/aromatic N) is 2. The second kappa shape index (κ2) is 7.32. The molecule has 3 atom stereocenters. The number of urea groups is 1. The number of aliphatic hydroxyl groups excluding tert-OH is 1. The van der Waals surface area contributed by atoms with Gasteiger partial charge in [-0.25, -0.2) is 4.79 Å². The highest BCUT2D eigenvalue weighted by molar-refractivity contribution is 6.03. The molecule has 2 aromatic rings. The molecule has 3 aliphatic rings. The van der Waals surface area contributed by atoms with Crippen LogP contribution < -0.4 is 15.0 Å². The van der Waals surface area contributed by atoms with Crippen LogP contribution in [0.1, 0.15) is 24.3 Å². The van der Waals surface area contributed by atoms with Gasteiger partial charge in [0, 0.05) is 29.8 Å². The Bertz CT molecular complexity index is 973. The molecule has 2 N–H and O–H groups in total. The van der Waals surface area contributed by atoms with Gasteiger partial charge in [-0.2, -0.15) is 0 Å². The molecule has 0 unspecified atom stereocenters. The lowest BCUT2D eigenvalue weighted by Crippen LogP contribution is -2.71. The first-order chi connectivity index (χ1) is 14.6. The lowest BCUT2D eigenvalue weighted by molar-refractivity contribution is -0.151. The van der Waals surface area contributed by atoms with Gasteiger partial charge < -0.3 is 20.1 Å². The third-order valence-electron chi connectivity index (χ3n) is 6.45. The van der Waals surface area contributed by atoms with Crippen LogP contribution in [0.3, 0.4) is 0 Å². The highest BCUT2D eigenvalue weighted by Crippen LogP contribution is 2.50. The zero-order chi connectivity index (χ0) is 20.8. The van der Waals surface area contributed by atoms with Crippen molar-refractivity contribution in [1.29, 1.82) is 0 Å². The Labute approximate surface area is 175 Å². The number of para-hydroxylation sites is 1. The summed E-state index contributed by atoms with van der Waals surface area (Å²) in [7, 11) is 1.60. The van der Waals surface area contributed by atoms with E-state index >= 15 is 0 Å². The molecule has 0 spiro atoms. The van der Waals surface area contributed by atoms with Crippen molar-refractivity contribution in [2.75, 3.05) is 30.5 Å². The molecule has 5 rings (SSSR count). The number of carbonyl (C=O) groups excluding carboxylic acids is 2. The molecule has 7 heteroatoms. The van der Waals surface area contributed by atoms with Crippen LogP contribution in [0.25, 0.3) is 0 Å². The number of aliphatic hydroxyl groups is 1. The number of nitrogens with one attached hydrogen (secondary N) is 1. The molecule has 0 bridgehead atoms. The van der Waals surface area contributed by atoms with Gasteiger partial charge in [-0.1, -0.05) is 18.2 Å². The lowest BCUT2D eigenvalue weighted by Gasteiger charge is -2.59. The van der Waals surface area contributed by atoms with E-state index in [9.17, 15) is 14.7 Å². The Morgan fingerprint density at radius 3 is 2.53 bits per heavy atom. The average molecular weight is 407 g/mol. The van der Waals surface area contributed by atoms with Crippen LogP contribution >= 0.6 is 0 Å². The fourth-order valence-corrected chi connectivity index (χ4v) is 4.79. The minimum absolute atomic E-state index is 0.0546. The monoisotopic (exact) mass is 407 g/mol. The summed E-state index contributed by atoms with van der Waals surface area (Å²) in [5, 5.41) is 12.9. The van der Waals surface area contributed by atoms with Crippen molar-refractivity contribution in [2.45, 2.75) is 30.8 Å². The van der Waals surface area contributed by atoms with Crippen molar-refractivity contribution >= 4 is 23.3 Å². The summed E-state index contributed by atoms with van der Waals surface area (Å²) < 4.78 is 5.17. The highest BCUT2D eigenvalue weighted by Gasteiger charge is 2.56. The number of ether oxygens (including phenoxy) is 1. The number of anilines is 2. The van der Waals surface area contributed by atoms with E-state index in [4.69, 9.17) is 4.74 Å². The Morgan fingerprint density at radius 2 is 1.87 bits per heavy atom. The predicted octanol–water partition coefficient (Wildman–Crippen LogP) is 2.81. The predicted molar refractivity (Wildman–Crippen MR) is 113 cm³/mol. The second-order valence-electron chi connectivity index (χ2n) is 8.19. The van der Waals surface area contributed by atoms with Gasteiger partial charge in [-0.3, -0.25) is 9.69 Å². The number of methoxy groups -OCH3 is 1. The molecule has 2 aromatic carbocycles. The Hall–Kier alpha value is -3.06. The number of carbonyl (C=O) groups is 2. The van der Waals surface area contributed by atoms with Crippen molar-refractivity contribution in [3.8, 4) is 5.75 Å². The van der Waals surface area contributed by atoms with Crippen LogP contribution in [-0.4, -0.2) is 54.3 Å². The van der Waals surface area contributed by atoms with Crippen LogP contribution in [0.5, 0.6) is 5.75 Å². The van der Waals surface area contributed by atoms with Gasteiger partial charge in [0.25, 0.3) is 0 Å². The maximum atomic E-state index is 13.2. The molecule has 30 heavy (non-hydrogen) atoms. The normalized spacial score (nSPS) is 24.4. The minimum Gasteiger partial charge on any atom is -0.497 e. The summed E-state index contributed by atoms with van der Waals surface area (Å²) in [6, 6.07) is 14.4. The smallest absolute Gasteiger partial charge is 0.326 e. The van der Waals surface area contributed by atoms with Gasteiger partial charge in [0.15, 0.2) is 0 Å². The summed E-state index contributed by atoms with van der Waals surface area (Å²) in [5.41, 5.74) is 2.52. The van der Waals surface area contributed by atoms with Crippen LogP contribution in [0.4, 0.5) is 16.2 Å². The number of fused-ring (bicyclic) bond motifs is 3. The molecule has 0 aromatic heterocycles. The van der Waals surface area contributed by atoms with Crippen LogP contribution in [0.2, 0.25) is 0 Å². The standard InChI is InChI=1S/C23H25N3O4/c1-30-16-10-8-15(9-11-16)24-23(29)25-12-19-21(17-4-2-3-5-18(17)25)20(13-27)26(19)22(28)14-6-7-14/h2-5,8-11,14,19-21,27H,6-7,12-13H2,1H3,(H,24,29)/t19-,20-,21+/m0/s1. The molecule has 7 nitrogen and oxygen atoms in total. The third kappa shape index (κ3) is 3.01. The molecule has 1 saturated carbocycles. The summed E-state index contributed by atoms with van der Waals surface area (Å²) in [4.78, 5) is 29.5. The number of hydrogen-bond acceptors (Lipinski definition) is 4. The van der Waals surface area contributed by atoms with Gasteiger partial charge >= 0.3 is 6.03 Å². The first-order valence-electron chi connectivity index (χ1n) is 10.4. The number of hydrogen-bond donors (Lipinski definition) is 2. The molecule has 3 amide bonds. The topological polar surface area (TPSA) is 82.1 Å². The quantitative estimate of drug-likeness (QED) is 0.817. The van der Waals surface area contributed by atoms with Crippen molar-refractivity contribution in [1.82, 2.24) is 4.90 Å². The Kier molecular flexibility index (Phi) is 4.62. The highest BCUT2D eigenvalue weighted by atomic mass is 16.5. The molecule has 2 aliphatic heterocycles. The van der Waals surface area contributed by atoms with Gasteiger partial charge in [-0.15, -0.1) is 0 Å². The van der Waals surface area contributed by atoms with Crippen molar-refractivity contribution in [2.24, 2.45) is 5.92 Å². The SMILES string of the molecule is COc1ccc(NC(=O)N2C[C@H]3[C@@H](c4ccccc42)[C@H](CO)N3C(=O)C2CC2)cc1. The van der Waals surface area contributed by atoms with Gasteiger partial charge in [0.05, 0.1) is 25.8 Å². The van der Waals surface area contributed by atoms with Crippen molar-refractivity contribution in [3.05, 3.63) is 54.1 Å². The largest absolute Gasteiger partial charge is 0.497 e. The molecule has 0 radical (unpaired) electrons. The van der Waals surface area contributed by atoms with E-state index in [2.05, 4.69) is 5.32 Å². The number of amides is 3. The lowest BCUT2D eigenvalue weighted by atomic mass is 9.71. The van der Waals surface area contributed by atoms with Crippen LogP contribution in [-0.2, 0) is 4.79 Å². The third-order valence-corrected chi connectivity index (χ3v) is 6.45. The van der Waals surface area contributed by atoms with Gasteiger partial charge in [0.2, 0.25) is 5.91 Å². The molecule has 2 heterocycles. The second-order valence-corrected chi connectivity index (χ2v) is 8.19. The zero-order valence-electron chi connectivity index (χ0n) is 16.8. The zero-order valence-corrected chi connectivity index (χ0v) is 16.8. The number of benzene rings is 2. The molecule has 2 fully saturated rings. The van der Waals surface area contributed by atoms with E-state index in [1.807, 2.05) is 29.2 Å². The molecule has 156 valence electrons.